The van der Waals surface area contributed by atoms with Crippen molar-refractivity contribution in [3.8, 4) is 11.3 Å². The van der Waals surface area contributed by atoms with Crippen LogP contribution in [0.4, 0.5) is 4.39 Å². The van der Waals surface area contributed by atoms with Crippen LogP contribution in [0.1, 0.15) is 5.56 Å². The summed E-state index contributed by atoms with van der Waals surface area (Å²) in [4.78, 5) is 0. The largest absolute Gasteiger partial charge is 0.392 e. The molecule has 0 amide bonds. The Morgan fingerprint density at radius 2 is 2.27 bits per heavy atom. The maximum absolute atomic E-state index is 12.9. The lowest BCUT2D eigenvalue weighted by Crippen LogP contribution is -1.89. The molecule has 2 aromatic rings. The Labute approximate surface area is 104 Å². The molecule has 0 radical (unpaired) electrons. The molecular weight excluding hydrogens is 328 g/mol. The third-order valence-electron chi connectivity index (χ3n) is 2.00. The average molecular weight is 335 g/mol. The monoisotopic (exact) mass is 335 g/mol. The molecule has 0 aliphatic rings. The van der Waals surface area contributed by atoms with Crippen LogP contribution in [0.3, 0.4) is 0 Å². The van der Waals surface area contributed by atoms with Crippen molar-refractivity contribution < 1.29 is 9.50 Å². The first-order valence-corrected chi connectivity index (χ1v) is 6.13. The smallest absolute Gasteiger partial charge is 0.124 e. The molecule has 0 saturated carbocycles. The molecule has 1 heterocycles. The average Bonchev–Trinajstić information content (AvgIpc) is 2.65. The summed E-state index contributed by atoms with van der Waals surface area (Å²) < 4.78 is 17.9. The van der Waals surface area contributed by atoms with Crippen LogP contribution in [0.2, 0.25) is 0 Å². The van der Waals surface area contributed by atoms with Crippen LogP contribution in [-0.4, -0.2) is 9.48 Å². The van der Waals surface area contributed by atoms with Crippen molar-refractivity contribution in [3.05, 3.63) is 38.5 Å². The minimum atomic E-state index is -0.260. The number of aliphatic hydroxyl groups excluding tert-OH is 1. The fourth-order valence-corrected chi connectivity index (χ4v) is 2.69. The molecule has 78 valence electrons. The number of hydrogen-bond donors (Lipinski definition) is 1. The van der Waals surface area contributed by atoms with Gasteiger partial charge >= 0.3 is 0 Å². The lowest BCUT2D eigenvalue weighted by Gasteiger charge is -2.03. The van der Waals surface area contributed by atoms with Gasteiger partial charge in [-0.2, -0.15) is 4.37 Å². The second-order valence-electron chi connectivity index (χ2n) is 2.97. The fraction of sp³-hybridized carbons (Fsp3) is 0.100. The number of benzene rings is 1. The highest BCUT2D eigenvalue weighted by Gasteiger charge is 2.11. The molecule has 0 spiro atoms. The van der Waals surface area contributed by atoms with Crippen LogP contribution in [0.25, 0.3) is 11.3 Å². The molecule has 2 rings (SSSR count). The van der Waals surface area contributed by atoms with Gasteiger partial charge < -0.3 is 5.11 Å². The molecule has 1 aromatic heterocycles. The van der Waals surface area contributed by atoms with E-state index < -0.39 is 0 Å². The van der Waals surface area contributed by atoms with E-state index in [0.29, 0.717) is 0 Å². The first-order chi connectivity index (χ1) is 7.22. The zero-order valence-electron chi connectivity index (χ0n) is 7.58. The minimum Gasteiger partial charge on any atom is -0.392 e. The van der Waals surface area contributed by atoms with Crippen molar-refractivity contribution in [2.75, 3.05) is 0 Å². The van der Waals surface area contributed by atoms with E-state index in [0.717, 1.165) is 20.4 Å². The highest BCUT2D eigenvalue weighted by Crippen LogP contribution is 2.28. The van der Waals surface area contributed by atoms with Crippen molar-refractivity contribution in [2.24, 2.45) is 0 Å². The maximum Gasteiger partial charge on any atom is 0.124 e. The molecule has 0 bridgehead atoms. The lowest BCUT2D eigenvalue weighted by atomic mass is 10.1. The summed E-state index contributed by atoms with van der Waals surface area (Å²) in [6.07, 6.45) is 0. The topological polar surface area (TPSA) is 33.1 Å². The Bertz CT molecular complexity index is 486. The van der Waals surface area contributed by atoms with E-state index in [9.17, 15) is 4.39 Å². The molecule has 0 atom stereocenters. The molecule has 2 nitrogen and oxygen atoms in total. The summed E-state index contributed by atoms with van der Waals surface area (Å²) >= 11 is 3.35. The van der Waals surface area contributed by atoms with Crippen LogP contribution in [-0.2, 0) is 6.61 Å². The number of hydrogen-bond acceptors (Lipinski definition) is 3. The molecule has 1 aromatic carbocycles. The summed E-state index contributed by atoms with van der Waals surface area (Å²) in [6.45, 7) is -0.0424. The molecule has 15 heavy (non-hydrogen) atoms. The van der Waals surface area contributed by atoms with E-state index in [4.69, 9.17) is 5.11 Å². The van der Waals surface area contributed by atoms with Gasteiger partial charge in [-0.3, -0.25) is 0 Å². The summed E-state index contributed by atoms with van der Waals surface area (Å²) in [5.41, 5.74) is 2.39. The van der Waals surface area contributed by atoms with Crippen LogP contribution in [0.5, 0.6) is 0 Å². The van der Waals surface area contributed by atoms with E-state index in [1.807, 2.05) is 0 Å². The highest BCUT2D eigenvalue weighted by atomic mass is 127. The SMILES string of the molecule is OCc1csnc1-c1ccc(F)cc1I. The van der Waals surface area contributed by atoms with Crippen molar-refractivity contribution in [1.82, 2.24) is 4.37 Å². The van der Waals surface area contributed by atoms with E-state index >= 15 is 0 Å². The Balaban J connectivity index is 2.54. The molecular formula is C10H7FINOS. The van der Waals surface area contributed by atoms with Gasteiger partial charge in [-0.15, -0.1) is 0 Å². The molecule has 0 aliphatic heterocycles. The van der Waals surface area contributed by atoms with Gasteiger partial charge in [-0.1, -0.05) is 0 Å². The number of halogens is 2. The third-order valence-corrected chi connectivity index (χ3v) is 3.57. The van der Waals surface area contributed by atoms with Crippen LogP contribution in [0, 0.1) is 9.39 Å². The number of rotatable bonds is 2. The van der Waals surface area contributed by atoms with Crippen molar-refractivity contribution in [3.63, 3.8) is 0 Å². The first kappa shape index (κ1) is 11.0. The standard InChI is InChI=1S/C10H7FINOS/c11-7-1-2-8(9(12)3-7)10-6(4-14)5-15-13-10/h1-3,5,14H,4H2. The van der Waals surface area contributed by atoms with Crippen molar-refractivity contribution in [2.45, 2.75) is 6.61 Å². The van der Waals surface area contributed by atoms with Gasteiger partial charge in [0.2, 0.25) is 0 Å². The van der Waals surface area contributed by atoms with Crippen molar-refractivity contribution in [1.29, 1.82) is 0 Å². The second-order valence-corrected chi connectivity index (χ2v) is 4.76. The van der Waals surface area contributed by atoms with E-state index in [-0.39, 0.29) is 12.4 Å². The van der Waals surface area contributed by atoms with Gasteiger partial charge in [0.15, 0.2) is 0 Å². The van der Waals surface area contributed by atoms with E-state index in [1.54, 1.807) is 11.4 Å². The van der Waals surface area contributed by atoms with Crippen LogP contribution in [0.15, 0.2) is 23.6 Å². The highest BCUT2D eigenvalue weighted by molar-refractivity contribution is 14.1. The second kappa shape index (κ2) is 4.54. The molecule has 5 heteroatoms. The van der Waals surface area contributed by atoms with E-state index in [1.165, 1.54) is 23.7 Å². The van der Waals surface area contributed by atoms with Crippen LogP contribution < -0.4 is 0 Å². The van der Waals surface area contributed by atoms with Gasteiger partial charge in [0, 0.05) is 20.1 Å². The van der Waals surface area contributed by atoms with E-state index in [2.05, 4.69) is 27.0 Å². The number of nitrogens with zero attached hydrogens (tertiary/aromatic N) is 1. The third kappa shape index (κ3) is 2.19. The quantitative estimate of drug-likeness (QED) is 0.856. The molecule has 0 aliphatic carbocycles. The molecule has 0 unspecified atom stereocenters. The predicted octanol–water partition coefficient (Wildman–Crippen LogP) is 3.05. The summed E-state index contributed by atoms with van der Waals surface area (Å²) in [7, 11) is 0. The molecule has 0 saturated heterocycles. The molecule has 0 fully saturated rings. The normalized spacial score (nSPS) is 10.6. The maximum atomic E-state index is 12.9. The van der Waals surface area contributed by atoms with Gasteiger partial charge in [-0.05, 0) is 52.3 Å². The van der Waals surface area contributed by atoms with Gasteiger partial charge in [-0.25, -0.2) is 4.39 Å². The Hall–Kier alpha value is -0.530. The van der Waals surface area contributed by atoms with Gasteiger partial charge in [0.25, 0.3) is 0 Å². The Kier molecular flexibility index (Phi) is 3.32. The zero-order valence-corrected chi connectivity index (χ0v) is 10.5. The van der Waals surface area contributed by atoms with Gasteiger partial charge in [0.05, 0.1) is 12.3 Å². The first-order valence-electron chi connectivity index (χ1n) is 4.22. The minimum absolute atomic E-state index is 0.0424. The van der Waals surface area contributed by atoms with Crippen LogP contribution >= 0.6 is 34.1 Å². The molecule has 1 N–H and O–H groups in total. The summed E-state index contributed by atoms with van der Waals surface area (Å²) in [5, 5.41) is 10.9. The fourth-order valence-electron chi connectivity index (χ4n) is 1.27. The van der Waals surface area contributed by atoms with Crippen molar-refractivity contribution >= 4 is 34.1 Å². The Morgan fingerprint density at radius 3 is 2.93 bits per heavy atom. The summed E-state index contributed by atoms with van der Waals surface area (Å²) in [5.74, 6) is -0.260. The number of aromatic nitrogens is 1. The summed E-state index contributed by atoms with van der Waals surface area (Å²) in [6, 6.07) is 4.54. The number of aliphatic hydroxyl groups is 1. The zero-order chi connectivity index (χ0) is 10.8. The predicted molar refractivity (Wildman–Crippen MR) is 66.1 cm³/mol. The Morgan fingerprint density at radius 1 is 1.47 bits per heavy atom. The lowest BCUT2D eigenvalue weighted by molar-refractivity contribution is 0.282. The van der Waals surface area contributed by atoms with Gasteiger partial charge in [0.1, 0.15) is 5.82 Å².